The number of anilines is 1. The first-order chi connectivity index (χ1) is 8.32. The van der Waals surface area contributed by atoms with Crippen molar-refractivity contribution in [3.8, 4) is 0 Å². The van der Waals surface area contributed by atoms with Gasteiger partial charge in [-0.3, -0.25) is 10.1 Å². The minimum Gasteiger partial charge on any atom is -0.308 e. The summed E-state index contributed by atoms with van der Waals surface area (Å²) in [7, 11) is -3.77. The number of imide groups is 1. The molecule has 0 spiro atoms. The fourth-order valence-electron chi connectivity index (χ4n) is 1.05. The normalized spacial score (nSPS) is 10.8. The Morgan fingerprint density at radius 2 is 1.78 bits per heavy atom. The number of alkyl halides is 1. The average Bonchev–Trinajstić information content (AvgIpc) is 2.28. The average molecular weight is 292 g/mol. The minimum absolute atomic E-state index is 0.0784. The van der Waals surface area contributed by atoms with Gasteiger partial charge in [0.15, 0.2) is 0 Å². The van der Waals surface area contributed by atoms with Gasteiger partial charge in [0.25, 0.3) is 0 Å². The maximum absolute atomic E-state index is 11.2. The Morgan fingerprint density at radius 1 is 1.22 bits per heavy atom. The van der Waals surface area contributed by atoms with Crippen molar-refractivity contribution in [2.24, 2.45) is 5.14 Å². The molecule has 9 heteroatoms. The van der Waals surface area contributed by atoms with Gasteiger partial charge >= 0.3 is 6.03 Å². The molecule has 7 nitrogen and oxygen atoms in total. The van der Waals surface area contributed by atoms with E-state index in [9.17, 15) is 18.0 Å². The highest BCUT2D eigenvalue weighted by Gasteiger charge is 2.09. The molecule has 18 heavy (non-hydrogen) atoms. The number of hydrogen-bond donors (Lipinski definition) is 3. The fourth-order valence-corrected chi connectivity index (χ4v) is 1.63. The highest BCUT2D eigenvalue weighted by atomic mass is 35.5. The Morgan fingerprint density at radius 3 is 2.22 bits per heavy atom. The highest BCUT2D eigenvalue weighted by Crippen LogP contribution is 2.12. The Balaban J connectivity index is 2.70. The van der Waals surface area contributed by atoms with Gasteiger partial charge < -0.3 is 5.32 Å². The molecule has 0 atom stereocenters. The lowest BCUT2D eigenvalue weighted by Crippen LogP contribution is -2.35. The Labute approximate surface area is 108 Å². The Hall–Kier alpha value is -1.64. The van der Waals surface area contributed by atoms with E-state index >= 15 is 0 Å². The second kappa shape index (κ2) is 5.80. The standard InChI is InChI=1S/C9H10ClN3O4S/c10-5-8(14)13-9(15)12-6-1-3-7(4-2-6)18(11,16)17/h1-4H,5H2,(H2,11,16,17)(H2,12,13,14,15). The van der Waals surface area contributed by atoms with Crippen molar-refractivity contribution in [3.63, 3.8) is 0 Å². The highest BCUT2D eigenvalue weighted by molar-refractivity contribution is 7.89. The molecule has 0 radical (unpaired) electrons. The van der Waals surface area contributed by atoms with Crippen LogP contribution in [-0.2, 0) is 14.8 Å². The number of benzene rings is 1. The van der Waals surface area contributed by atoms with Crippen LogP contribution in [0.5, 0.6) is 0 Å². The smallest absolute Gasteiger partial charge is 0.308 e. The van der Waals surface area contributed by atoms with E-state index in [-0.39, 0.29) is 10.8 Å². The molecule has 0 saturated heterocycles. The molecule has 0 saturated carbocycles. The van der Waals surface area contributed by atoms with Crippen molar-refractivity contribution in [2.75, 3.05) is 11.2 Å². The number of rotatable bonds is 3. The lowest BCUT2D eigenvalue weighted by Gasteiger charge is -2.06. The van der Waals surface area contributed by atoms with E-state index in [0.717, 1.165) is 0 Å². The number of primary sulfonamides is 1. The molecule has 0 unspecified atom stereocenters. The largest absolute Gasteiger partial charge is 0.325 e. The molecule has 0 heterocycles. The van der Waals surface area contributed by atoms with E-state index in [2.05, 4.69) is 5.32 Å². The number of nitrogens with one attached hydrogen (secondary N) is 2. The molecule has 0 aliphatic heterocycles. The zero-order valence-electron chi connectivity index (χ0n) is 9.01. The van der Waals surface area contributed by atoms with Gasteiger partial charge in [-0.2, -0.15) is 0 Å². The van der Waals surface area contributed by atoms with Gasteiger partial charge in [0, 0.05) is 5.69 Å². The van der Waals surface area contributed by atoms with Crippen LogP contribution in [0.15, 0.2) is 29.2 Å². The summed E-state index contributed by atoms with van der Waals surface area (Å²) in [5.41, 5.74) is 0.308. The molecule has 0 aliphatic rings. The van der Waals surface area contributed by atoms with Crippen molar-refractivity contribution < 1.29 is 18.0 Å². The van der Waals surface area contributed by atoms with E-state index < -0.39 is 22.0 Å². The number of amides is 3. The summed E-state index contributed by atoms with van der Waals surface area (Å²) in [5.74, 6) is -0.979. The third-order valence-corrected chi connectivity index (χ3v) is 2.99. The van der Waals surface area contributed by atoms with Crippen molar-refractivity contribution >= 4 is 39.2 Å². The fraction of sp³-hybridized carbons (Fsp3) is 0.111. The van der Waals surface area contributed by atoms with Gasteiger partial charge in [0.05, 0.1) is 4.90 Å². The zero-order valence-corrected chi connectivity index (χ0v) is 10.6. The lowest BCUT2D eigenvalue weighted by molar-refractivity contribution is -0.117. The molecule has 0 aliphatic carbocycles. The SMILES string of the molecule is NS(=O)(=O)c1ccc(NC(=O)NC(=O)CCl)cc1. The van der Waals surface area contributed by atoms with Gasteiger partial charge in [-0.05, 0) is 24.3 Å². The predicted molar refractivity (Wildman–Crippen MR) is 65.7 cm³/mol. The van der Waals surface area contributed by atoms with Crippen LogP contribution in [-0.4, -0.2) is 26.2 Å². The number of halogens is 1. The summed E-state index contributed by atoms with van der Waals surface area (Å²) in [6, 6.07) is 4.38. The van der Waals surface area contributed by atoms with Crippen LogP contribution in [0.4, 0.5) is 10.5 Å². The molecule has 98 valence electrons. The second-order valence-corrected chi connectivity index (χ2v) is 5.03. The second-order valence-electron chi connectivity index (χ2n) is 3.21. The summed E-state index contributed by atoms with van der Waals surface area (Å²) in [5, 5.41) is 9.18. The number of nitrogens with two attached hydrogens (primary N) is 1. The summed E-state index contributed by atoms with van der Waals surface area (Å²) >= 11 is 5.20. The van der Waals surface area contributed by atoms with Crippen LogP contribution < -0.4 is 15.8 Å². The number of urea groups is 1. The first kappa shape index (κ1) is 14.4. The van der Waals surface area contributed by atoms with Crippen molar-refractivity contribution in [1.29, 1.82) is 0 Å². The van der Waals surface area contributed by atoms with E-state index in [1.807, 2.05) is 5.32 Å². The first-order valence-electron chi connectivity index (χ1n) is 4.62. The third kappa shape index (κ3) is 4.32. The molecular formula is C9H10ClN3O4S. The minimum atomic E-state index is -3.77. The van der Waals surface area contributed by atoms with Gasteiger partial charge in [-0.25, -0.2) is 18.4 Å². The topological polar surface area (TPSA) is 118 Å². The molecule has 3 amide bonds. The molecule has 4 N–H and O–H groups in total. The van der Waals surface area contributed by atoms with Gasteiger partial charge in [-0.1, -0.05) is 0 Å². The maximum Gasteiger partial charge on any atom is 0.325 e. The first-order valence-corrected chi connectivity index (χ1v) is 6.70. The molecule has 0 fully saturated rings. The summed E-state index contributed by atoms with van der Waals surface area (Å²) in [6.07, 6.45) is 0. The summed E-state index contributed by atoms with van der Waals surface area (Å²) in [4.78, 5) is 21.9. The molecule has 1 rings (SSSR count). The molecule has 1 aromatic rings. The van der Waals surface area contributed by atoms with Crippen molar-refractivity contribution in [1.82, 2.24) is 5.32 Å². The van der Waals surface area contributed by atoms with Crippen molar-refractivity contribution in [3.05, 3.63) is 24.3 Å². The number of sulfonamides is 1. The third-order valence-electron chi connectivity index (χ3n) is 1.82. The van der Waals surface area contributed by atoms with Crippen LogP contribution in [0.25, 0.3) is 0 Å². The van der Waals surface area contributed by atoms with Gasteiger partial charge in [-0.15, -0.1) is 11.6 Å². The van der Waals surface area contributed by atoms with Crippen LogP contribution in [0, 0.1) is 0 Å². The number of carbonyl (C=O) groups is 2. The maximum atomic E-state index is 11.2. The number of carbonyl (C=O) groups excluding carboxylic acids is 2. The molecule has 0 bridgehead atoms. The molecular weight excluding hydrogens is 282 g/mol. The molecule has 0 aromatic heterocycles. The van der Waals surface area contributed by atoms with Crippen LogP contribution in [0.2, 0.25) is 0 Å². The van der Waals surface area contributed by atoms with Crippen molar-refractivity contribution in [2.45, 2.75) is 4.90 Å². The van der Waals surface area contributed by atoms with E-state index in [1.54, 1.807) is 0 Å². The van der Waals surface area contributed by atoms with Gasteiger partial charge in [0.2, 0.25) is 15.9 Å². The van der Waals surface area contributed by atoms with E-state index in [0.29, 0.717) is 5.69 Å². The van der Waals surface area contributed by atoms with E-state index in [4.69, 9.17) is 16.7 Å². The van der Waals surface area contributed by atoms with Crippen LogP contribution in [0.3, 0.4) is 0 Å². The quantitative estimate of drug-likeness (QED) is 0.690. The zero-order chi connectivity index (χ0) is 13.8. The number of hydrogen-bond acceptors (Lipinski definition) is 4. The van der Waals surface area contributed by atoms with Crippen LogP contribution >= 0.6 is 11.6 Å². The lowest BCUT2D eigenvalue weighted by atomic mass is 10.3. The predicted octanol–water partition coefficient (Wildman–Crippen LogP) is 0.221. The van der Waals surface area contributed by atoms with Crippen LogP contribution in [0.1, 0.15) is 0 Å². The Kier molecular flexibility index (Phi) is 4.65. The molecule has 1 aromatic carbocycles. The monoisotopic (exact) mass is 291 g/mol. The summed E-state index contributed by atoms with van der Waals surface area (Å²) in [6.45, 7) is 0. The van der Waals surface area contributed by atoms with E-state index in [1.165, 1.54) is 24.3 Å². The Bertz CT molecular complexity index is 556. The summed E-state index contributed by atoms with van der Waals surface area (Å²) < 4.78 is 21.9. The van der Waals surface area contributed by atoms with Gasteiger partial charge in [0.1, 0.15) is 5.88 Å².